The summed E-state index contributed by atoms with van der Waals surface area (Å²) < 4.78 is 5.80. The minimum absolute atomic E-state index is 0.138. The van der Waals surface area contributed by atoms with Crippen molar-refractivity contribution in [3.63, 3.8) is 0 Å². The molecule has 144 valence electrons. The first kappa shape index (κ1) is 20.5. The molecule has 2 amide bonds. The van der Waals surface area contributed by atoms with Crippen LogP contribution < -0.4 is 10.5 Å². The number of carbonyl (C=O) groups excluding carboxylic acids is 2. The molecule has 0 spiro atoms. The Morgan fingerprint density at radius 3 is 2.41 bits per heavy atom. The number of primary amides is 1. The van der Waals surface area contributed by atoms with E-state index in [2.05, 4.69) is 6.92 Å². The zero-order valence-corrected chi connectivity index (χ0v) is 15.9. The largest absolute Gasteiger partial charge is 0.493 e. The van der Waals surface area contributed by atoms with Crippen LogP contribution in [0.2, 0.25) is 0 Å². The number of nitrogens with two attached hydrogens (primary N) is 1. The maximum atomic E-state index is 13.1. The number of para-hydroxylation sites is 1. The van der Waals surface area contributed by atoms with Gasteiger partial charge in [0, 0.05) is 19.5 Å². The number of ether oxygens (including phenoxy) is 1. The van der Waals surface area contributed by atoms with E-state index in [0.29, 0.717) is 37.4 Å². The number of carbonyl (C=O) groups is 2. The lowest BCUT2D eigenvalue weighted by atomic mass is 10.1. The number of hydrogen-bond donors (Lipinski definition) is 1. The second-order valence-corrected chi connectivity index (χ2v) is 6.44. The Hall–Kier alpha value is -2.82. The molecule has 0 bridgehead atoms. The fourth-order valence-electron chi connectivity index (χ4n) is 2.73. The Labute approximate surface area is 161 Å². The first-order valence-electron chi connectivity index (χ1n) is 9.45. The van der Waals surface area contributed by atoms with Crippen molar-refractivity contribution in [2.75, 3.05) is 19.7 Å². The second kappa shape index (κ2) is 11.0. The van der Waals surface area contributed by atoms with Crippen molar-refractivity contribution in [2.24, 2.45) is 5.73 Å². The van der Waals surface area contributed by atoms with Gasteiger partial charge in [0.15, 0.2) is 0 Å². The molecular weight excluding hydrogens is 340 g/mol. The highest BCUT2D eigenvalue weighted by molar-refractivity contribution is 5.97. The molecule has 2 aromatic carbocycles. The molecule has 0 aliphatic rings. The molecule has 0 radical (unpaired) electrons. The quantitative estimate of drug-likeness (QED) is 0.618. The molecule has 2 N–H and O–H groups in total. The van der Waals surface area contributed by atoms with Gasteiger partial charge in [-0.1, -0.05) is 55.8 Å². The Morgan fingerprint density at radius 1 is 1.00 bits per heavy atom. The van der Waals surface area contributed by atoms with E-state index in [9.17, 15) is 9.59 Å². The fraction of sp³-hybridized carbons (Fsp3) is 0.364. The van der Waals surface area contributed by atoms with Crippen LogP contribution in [0, 0.1) is 0 Å². The molecular formula is C22H28N2O3. The van der Waals surface area contributed by atoms with E-state index < -0.39 is 5.91 Å². The van der Waals surface area contributed by atoms with E-state index >= 15 is 0 Å². The van der Waals surface area contributed by atoms with Crippen LogP contribution in [0.3, 0.4) is 0 Å². The molecule has 0 aromatic heterocycles. The van der Waals surface area contributed by atoms with E-state index in [1.165, 1.54) is 0 Å². The number of nitrogens with zero attached hydrogens (tertiary/aromatic N) is 1. The van der Waals surface area contributed by atoms with Gasteiger partial charge in [-0.25, -0.2) is 0 Å². The van der Waals surface area contributed by atoms with Crippen molar-refractivity contribution in [1.29, 1.82) is 0 Å². The molecule has 0 saturated heterocycles. The molecule has 0 atom stereocenters. The molecule has 5 heteroatoms. The summed E-state index contributed by atoms with van der Waals surface area (Å²) >= 11 is 0. The first-order chi connectivity index (χ1) is 13.1. The van der Waals surface area contributed by atoms with Crippen molar-refractivity contribution in [3.8, 4) is 5.75 Å². The van der Waals surface area contributed by atoms with E-state index in [0.717, 1.165) is 18.4 Å². The minimum Gasteiger partial charge on any atom is -0.493 e. The molecule has 0 aliphatic heterocycles. The summed E-state index contributed by atoms with van der Waals surface area (Å²) in [5, 5.41) is 0. The van der Waals surface area contributed by atoms with Gasteiger partial charge in [-0.05, 0) is 30.5 Å². The molecule has 0 heterocycles. The van der Waals surface area contributed by atoms with Gasteiger partial charge in [-0.15, -0.1) is 0 Å². The first-order valence-corrected chi connectivity index (χ1v) is 9.45. The van der Waals surface area contributed by atoms with Crippen LogP contribution in [0.5, 0.6) is 5.75 Å². The maximum Gasteiger partial charge on any atom is 0.257 e. The average molecular weight is 368 g/mol. The Morgan fingerprint density at radius 2 is 1.70 bits per heavy atom. The lowest BCUT2D eigenvalue weighted by Crippen LogP contribution is -2.36. The molecule has 2 aromatic rings. The van der Waals surface area contributed by atoms with Crippen LogP contribution in [0.4, 0.5) is 0 Å². The average Bonchev–Trinajstić information content (AvgIpc) is 2.69. The number of unbranched alkanes of at least 4 members (excludes halogenated alkanes) is 1. The summed E-state index contributed by atoms with van der Waals surface area (Å²) in [6, 6.07) is 17.2. The highest BCUT2D eigenvalue weighted by atomic mass is 16.5. The van der Waals surface area contributed by atoms with Gasteiger partial charge >= 0.3 is 0 Å². The summed E-state index contributed by atoms with van der Waals surface area (Å²) in [6.45, 7) is 3.48. The van der Waals surface area contributed by atoms with Crippen LogP contribution >= 0.6 is 0 Å². The lowest BCUT2D eigenvalue weighted by Gasteiger charge is -2.23. The van der Waals surface area contributed by atoms with E-state index in [4.69, 9.17) is 10.5 Å². The van der Waals surface area contributed by atoms with Crippen LogP contribution in [-0.4, -0.2) is 36.4 Å². The van der Waals surface area contributed by atoms with Crippen molar-refractivity contribution < 1.29 is 14.3 Å². The van der Waals surface area contributed by atoms with Crippen molar-refractivity contribution >= 4 is 11.8 Å². The van der Waals surface area contributed by atoms with E-state index in [1.807, 2.05) is 48.5 Å². The zero-order valence-electron chi connectivity index (χ0n) is 15.9. The smallest absolute Gasteiger partial charge is 0.257 e. The van der Waals surface area contributed by atoms with Crippen LogP contribution in [0.1, 0.15) is 42.1 Å². The second-order valence-electron chi connectivity index (χ2n) is 6.44. The zero-order chi connectivity index (χ0) is 19.5. The van der Waals surface area contributed by atoms with Gasteiger partial charge in [0.2, 0.25) is 5.91 Å². The topological polar surface area (TPSA) is 72.6 Å². The van der Waals surface area contributed by atoms with Gasteiger partial charge in [0.1, 0.15) is 5.75 Å². The summed E-state index contributed by atoms with van der Waals surface area (Å²) in [5.41, 5.74) is 6.96. The van der Waals surface area contributed by atoms with E-state index in [1.54, 1.807) is 11.0 Å². The van der Waals surface area contributed by atoms with Crippen LogP contribution in [0.15, 0.2) is 54.6 Å². The Balaban J connectivity index is 2.13. The van der Waals surface area contributed by atoms with E-state index in [-0.39, 0.29) is 12.3 Å². The van der Waals surface area contributed by atoms with Gasteiger partial charge in [0.25, 0.3) is 5.91 Å². The molecule has 2 rings (SSSR count). The van der Waals surface area contributed by atoms with Gasteiger partial charge in [-0.2, -0.15) is 0 Å². The predicted octanol–water partition coefficient (Wildman–Crippen LogP) is 3.43. The molecule has 0 fully saturated rings. The molecule has 27 heavy (non-hydrogen) atoms. The number of amides is 2. The third-order valence-corrected chi connectivity index (χ3v) is 4.30. The van der Waals surface area contributed by atoms with Gasteiger partial charge in [0.05, 0.1) is 12.2 Å². The monoisotopic (exact) mass is 368 g/mol. The Bertz CT molecular complexity index is 731. The Kier molecular flexibility index (Phi) is 8.36. The van der Waals surface area contributed by atoms with Crippen LogP contribution in [0.25, 0.3) is 0 Å². The summed E-state index contributed by atoms with van der Waals surface area (Å²) in [7, 11) is 0. The van der Waals surface area contributed by atoms with Crippen molar-refractivity contribution in [1.82, 2.24) is 4.90 Å². The predicted molar refractivity (Wildman–Crippen MR) is 107 cm³/mol. The molecule has 0 saturated carbocycles. The minimum atomic E-state index is -0.417. The molecule has 5 nitrogen and oxygen atoms in total. The van der Waals surface area contributed by atoms with Gasteiger partial charge in [-0.3, -0.25) is 9.59 Å². The van der Waals surface area contributed by atoms with Crippen LogP contribution in [-0.2, 0) is 11.2 Å². The van der Waals surface area contributed by atoms with Crippen molar-refractivity contribution in [3.05, 3.63) is 65.7 Å². The highest BCUT2D eigenvalue weighted by Gasteiger charge is 2.20. The number of benzene rings is 2. The highest BCUT2D eigenvalue weighted by Crippen LogP contribution is 2.21. The maximum absolute atomic E-state index is 13.1. The summed E-state index contributed by atoms with van der Waals surface area (Å²) in [5.74, 6) is 0.0269. The summed E-state index contributed by atoms with van der Waals surface area (Å²) in [6.07, 6.45) is 2.81. The molecule has 0 aliphatic carbocycles. The standard InChI is InChI=1S/C22H28N2O3/c1-2-3-17-27-20-12-8-7-11-19(20)22(26)24(16-14-21(23)25)15-13-18-9-5-4-6-10-18/h4-12H,2-3,13-17H2,1H3,(H2,23,25). The summed E-state index contributed by atoms with van der Waals surface area (Å²) in [4.78, 5) is 26.0. The third kappa shape index (κ3) is 6.77. The fourth-order valence-corrected chi connectivity index (χ4v) is 2.73. The lowest BCUT2D eigenvalue weighted by molar-refractivity contribution is -0.118. The normalized spacial score (nSPS) is 10.4. The van der Waals surface area contributed by atoms with Crippen molar-refractivity contribution in [2.45, 2.75) is 32.6 Å². The van der Waals surface area contributed by atoms with Gasteiger partial charge < -0.3 is 15.4 Å². The number of rotatable bonds is 11. The number of hydrogen-bond acceptors (Lipinski definition) is 3. The molecule has 0 unspecified atom stereocenters. The SMILES string of the molecule is CCCCOc1ccccc1C(=O)N(CCC(N)=O)CCc1ccccc1. The third-order valence-electron chi connectivity index (χ3n) is 4.30.